The Morgan fingerprint density at radius 2 is 2.13 bits per heavy atom. The van der Waals surface area contributed by atoms with E-state index in [1.807, 2.05) is 0 Å². The third-order valence-corrected chi connectivity index (χ3v) is 2.77. The van der Waals surface area contributed by atoms with Gasteiger partial charge < -0.3 is 9.47 Å². The molecule has 2 aromatic rings. The number of hydrogen-bond acceptors (Lipinski definition) is 7. The van der Waals surface area contributed by atoms with Crippen molar-refractivity contribution in [2.75, 3.05) is 13.2 Å². The molecule has 0 amide bonds. The number of benzene rings is 1. The van der Waals surface area contributed by atoms with Gasteiger partial charge in [-0.25, -0.2) is 9.48 Å². The van der Waals surface area contributed by atoms with Gasteiger partial charge in [-0.1, -0.05) is 0 Å². The summed E-state index contributed by atoms with van der Waals surface area (Å²) in [4.78, 5) is 22.0. The first kappa shape index (κ1) is 16.0. The fourth-order valence-electron chi connectivity index (χ4n) is 1.77. The van der Waals surface area contributed by atoms with E-state index in [1.54, 1.807) is 13.0 Å². The van der Waals surface area contributed by atoms with Gasteiger partial charge in [-0.05, 0) is 19.1 Å². The largest absolute Gasteiger partial charge is 0.474 e. The Bertz CT molecular complexity index is 760. The van der Waals surface area contributed by atoms with E-state index in [0.29, 0.717) is 5.69 Å². The molecule has 0 bridgehead atoms. The minimum Gasteiger partial charge on any atom is -0.474 e. The Labute approximate surface area is 130 Å². The van der Waals surface area contributed by atoms with E-state index in [-0.39, 0.29) is 30.3 Å². The van der Waals surface area contributed by atoms with E-state index in [0.717, 1.165) is 0 Å². The van der Waals surface area contributed by atoms with Crippen LogP contribution in [0.15, 0.2) is 30.5 Å². The number of nitrogens with zero attached hydrogens (tertiary/aromatic N) is 4. The van der Waals surface area contributed by atoms with Crippen LogP contribution in [0.1, 0.15) is 17.4 Å². The summed E-state index contributed by atoms with van der Waals surface area (Å²) in [5.41, 5.74) is 0.362. The second-order valence-corrected chi connectivity index (χ2v) is 4.23. The number of aromatic nitrogens is 2. The minimum atomic E-state index is -0.680. The van der Waals surface area contributed by atoms with Crippen LogP contribution in [-0.4, -0.2) is 33.9 Å². The van der Waals surface area contributed by atoms with Crippen molar-refractivity contribution in [2.24, 2.45) is 0 Å². The molecule has 0 fully saturated rings. The third-order valence-electron chi connectivity index (χ3n) is 2.77. The molecule has 0 aliphatic heterocycles. The molecule has 0 aliphatic carbocycles. The number of esters is 1. The molecule has 0 radical (unpaired) electrons. The monoisotopic (exact) mass is 316 g/mol. The fourth-order valence-corrected chi connectivity index (χ4v) is 1.77. The van der Waals surface area contributed by atoms with Crippen molar-refractivity contribution in [3.05, 3.63) is 46.3 Å². The predicted octanol–water partition coefficient (Wildman–Crippen LogP) is 1.86. The molecule has 118 valence electrons. The molecule has 0 saturated heterocycles. The summed E-state index contributed by atoms with van der Waals surface area (Å²) in [5, 5.41) is 23.3. The highest BCUT2D eigenvalue weighted by Crippen LogP contribution is 2.22. The zero-order valence-electron chi connectivity index (χ0n) is 12.1. The number of rotatable bonds is 6. The summed E-state index contributed by atoms with van der Waals surface area (Å²) < 4.78 is 11.4. The Morgan fingerprint density at radius 1 is 1.43 bits per heavy atom. The maximum Gasteiger partial charge on any atom is 0.362 e. The van der Waals surface area contributed by atoms with Gasteiger partial charge in [0.1, 0.15) is 6.07 Å². The summed E-state index contributed by atoms with van der Waals surface area (Å²) in [6.07, 6.45) is 1.41. The summed E-state index contributed by atoms with van der Waals surface area (Å²) in [6, 6.07) is 7.39. The van der Waals surface area contributed by atoms with Gasteiger partial charge in [0.15, 0.2) is 12.4 Å². The molecule has 1 aromatic carbocycles. The first-order valence-corrected chi connectivity index (χ1v) is 6.58. The van der Waals surface area contributed by atoms with Gasteiger partial charge in [0.2, 0.25) is 5.69 Å². The average molecular weight is 316 g/mol. The summed E-state index contributed by atoms with van der Waals surface area (Å²) in [5.74, 6) is -0.579. The van der Waals surface area contributed by atoms with E-state index >= 15 is 0 Å². The van der Waals surface area contributed by atoms with Crippen molar-refractivity contribution in [1.82, 2.24) is 9.78 Å². The van der Waals surface area contributed by atoms with Gasteiger partial charge in [0, 0.05) is 12.1 Å². The maximum atomic E-state index is 11.9. The highest BCUT2D eigenvalue weighted by molar-refractivity contribution is 5.90. The van der Waals surface area contributed by atoms with Crippen molar-refractivity contribution >= 4 is 11.7 Å². The average Bonchev–Trinajstić information content (AvgIpc) is 2.97. The van der Waals surface area contributed by atoms with Crippen LogP contribution < -0.4 is 4.74 Å². The smallest absolute Gasteiger partial charge is 0.362 e. The zero-order chi connectivity index (χ0) is 16.8. The molecular formula is C14H12N4O5. The second-order valence-electron chi connectivity index (χ2n) is 4.23. The van der Waals surface area contributed by atoms with Gasteiger partial charge >= 0.3 is 5.97 Å². The van der Waals surface area contributed by atoms with Crippen LogP contribution in [0.25, 0.3) is 5.69 Å². The van der Waals surface area contributed by atoms with Crippen LogP contribution >= 0.6 is 0 Å². The van der Waals surface area contributed by atoms with Crippen LogP contribution in [0.2, 0.25) is 0 Å². The predicted molar refractivity (Wildman–Crippen MR) is 77.3 cm³/mol. The van der Waals surface area contributed by atoms with E-state index in [4.69, 9.17) is 14.7 Å². The van der Waals surface area contributed by atoms with E-state index in [1.165, 1.54) is 35.1 Å². The van der Waals surface area contributed by atoms with Crippen molar-refractivity contribution in [3.63, 3.8) is 0 Å². The third kappa shape index (κ3) is 3.62. The minimum absolute atomic E-state index is 0.0625. The lowest BCUT2D eigenvalue weighted by Crippen LogP contribution is -2.08. The fraction of sp³-hybridized carbons (Fsp3) is 0.214. The highest BCUT2D eigenvalue weighted by atomic mass is 16.6. The van der Waals surface area contributed by atoms with Gasteiger partial charge in [0.05, 0.1) is 23.4 Å². The van der Waals surface area contributed by atoms with E-state index in [9.17, 15) is 14.9 Å². The molecule has 0 atom stereocenters. The second kappa shape index (κ2) is 7.04. The lowest BCUT2D eigenvalue weighted by atomic mass is 10.3. The van der Waals surface area contributed by atoms with Crippen molar-refractivity contribution in [1.29, 1.82) is 5.26 Å². The topological polar surface area (TPSA) is 120 Å². The maximum absolute atomic E-state index is 11.9. The molecule has 0 N–H and O–H groups in total. The number of non-ortho nitro benzene ring substituents is 1. The Morgan fingerprint density at radius 3 is 2.70 bits per heavy atom. The Balaban J connectivity index is 2.37. The van der Waals surface area contributed by atoms with Gasteiger partial charge in [0.25, 0.3) is 5.69 Å². The first-order chi connectivity index (χ1) is 11.1. The summed E-state index contributed by atoms with van der Waals surface area (Å²) in [7, 11) is 0. The van der Waals surface area contributed by atoms with Crippen molar-refractivity contribution in [2.45, 2.75) is 6.92 Å². The molecule has 0 aliphatic rings. The number of carbonyl (C=O) groups is 1. The standard InChI is InChI=1S/C14H12N4O5/c1-2-22-14(19)13-12(23-8-7-15)9-17(16-13)10-3-5-11(6-4-10)18(20)21/h3-6,9H,2,8H2,1H3. The Hall–Kier alpha value is -3.41. The Kier molecular flexibility index (Phi) is 4.89. The lowest BCUT2D eigenvalue weighted by Gasteiger charge is -2.01. The number of hydrogen-bond donors (Lipinski definition) is 0. The molecule has 1 heterocycles. The van der Waals surface area contributed by atoms with Crippen LogP contribution in [0, 0.1) is 21.4 Å². The highest BCUT2D eigenvalue weighted by Gasteiger charge is 2.20. The molecule has 9 nitrogen and oxygen atoms in total. The molecule has 0 unspecified atom stereocenters. The number of nitriles is 1. The molecule has 0 spiro atoms. The van der Waals surface area contributed by atoms with Crippen LogP contribution in [0.4, 0.5) is 5.69 Å². The van der Waals surface area contributed by atoms with Crippen LogP contribution in [0.3, 0.4) is 0 Å². The van der Waals surface area contributed by atoms with Crippen molar-refractivity contribution in [3.8, 4) is 17.5 Å². The van der Waals surface area contributed by atoms with Gasteiger partial charge in [-0.15, -0.1) is 0 Å². The quantitative estimate of drug-likeness (QED) is 0.453. The first-order valence-electron chi connectivity index (χ1n) is 6.58. The number of nitro groups is 1. The van der Waals surface area contributed by atoms with E-state index < -0.39 is 10.9 Å². The molecule has 23 heavy (non-hydrogen) atoms. The molecule has 9 heteroatoms. The van der Waals surface area contributed by atoms with Crippen LogP contribution in [-0.2, 0) is 4.74 Å². The summed E-state index contributed by atoms with van der Waals surface area (Å²) >= 11 is 0. The number of carbonyl (C=O) groups excluding carboxylic acids is 1. The van der Waals surface area contributed by atoms with E-state index in [2.05, 4.69) is 5.10 Å². The van der Waals surface area contributed by atoms with Crippen molar-refractivity contribution < 1.29 is 19.2 Å². The molecular weight excluding hydrogens is 304 g/mol. The lowest BCUT2D eigenvalue weighted by molar-refractivity contribution is -0.384. The van der Waals surface area contributed by atoms with Gasteiger partial charge in [-0.3, -0.25) is 10.1 Å². The SMILES string of the molecule is CCOC(=O)c1nn(-c2ccc([N+](=O)[O-])cc2)cc1OCC#N. The normalized spacial score (nSPS) is 9.91. The molecule has 0 saturated carbocycles. The van der Waals surface area contributed by atoms with Crippen LogP contribution in [0.5, 0.6) is 5.75 Å². The molecule has 1 aromatic heterocycles. The molecule has 2 rings (SSSR count). The van der Waals surface area contributed by atoms with Gasteiger partial charge in [-0.2, -0.15) is 10.4 Å². The number of ether oxygens (including phenoxy) is 2. The summed E-state index contributed by atoms with van der Waals surface area (Å²) in [6.45, 7) is 1.57. The number of nitro benzene ring substituents is 1. The zero-order valence-corrected chi connectivity index (χ0v) is 12.1.